The number of benzene rings is 1. The predicted molar refractivity (Wildman–Crippen MR) is 114 cm³/mol. The van der Waals surface area contributed by atoms with Gasteiger partial charge in [-0.25, -0.2) is 4.79 Å². The Balaban J connectivity index is 1.64. The molecule has 0 unspecified atom stereocenters. The van der Waals surface area contributed by atoms with Gasteiger partial charge in [0.25, 0.3) is 0 Å². The molecule has 5 nitrogen and oxygen atoms in total. The van der Waals surface area contributed by atoms with Crippen molar-refractivity contribution in [2.24, 2.45) is 0 Å². The number of ether oxygens (including phenoxy) is 1. The number of nitrogens with zero attached hydrogens (tertiary/aromatic N) is 2. The molecule has 0 atom stereocenters. The Morgan fingerprint density at radius 1 is 1.14 bits per heavy atom. The molecule has 0 saturated carbocycles. The molecule has 2 amide bonds. The zero-order valence-corrected chi connectivity index (χ0v) is 16.8. The first-order valence-electron chi connectivity index (χ1n) is 9.44. The lowest BCUT2D eigenvalue weighted by Crippen LogP contribution is -2.34. The molecule has 0 aliphatic rings. The van der Waals surface area contributed by atoms with Gasteiger partial charge in [0, 0.05) is 18.4 Å². The van der Waals surface area contributed by atoms with Crippen molar-refractivity contribution in [1.82, 2.24) is 9.88 Å². The van der Waals surface area contributed by atoms with E-state index in [-0.39, 0.29) is 6.03 Å². The molecule has 0 fully saturated rings. The van der Waals surface area contributed by atoms with Gasteiger partial charge in [-0.05, 0) is 65.2 Å². The van der Waals surface area contributed by atoms with Crippen LogP contribution in [0.25, 0.3) is 0 Å². The molecule has 6 heteroatoms. The van der Waals surface area contributed by atoms with Gasteiger partial charge < -0.3 is 15.0 Å². The van der Waals surface area contributed by atoms with E-state index in [9.17, 15) is 4.79 Å². The van der Waals surface area contributed by atoms with E-state index in [4.69, 9.17) is 4.74 Å². The van der Waals surface area contributed by atoms with Crippen molar-refractivity contribution in [2.75, 3.05) is 11.9 Å². The second-order valence-corrected chi connectivity index (χ2v) is 7.25. The molecule has 3 aromatic rings. The normalized spacial score (nSPS) is 10.5. The van der Waals surface area contributed by atoms with Gasteiger partial charge in [0.2, 0.25) is 0 Å². The molecule has 1 aromatic carbocycles. The number of aromatic nitrogens is 1. The van der Waals surface area contributed by atoms with E-state index >= 15 is 0 Å². The number of rotatable bonds is 9. The third-order valence-electron chi connectivity index (χ3n) is 4.19. The number of hydrogen-bond donors (Lipinski definition) is 1. The van der Waals surface area contributed by atoms with Gasteiger partial charge in [-0.3, -0.25) is 4.98 Å². The molecule has 1 N–H and O–H groups in total. The van der Waals surface area contributed by atoms with E-state index in [1.54, 1.807) is 22.4 Å². The van der Waals surface area contributed by atoms with Crippen LogP contribution < -0.4 is 10.1 Å². The molecule has 0 aliphatic carbocycles. The van der Waals surface area contributed by atoms with Gasteiger partial charge in [0.05, 0.1) is 18.8 Å². The number of urea groups is 1. The Labute approximate surface area is 170 Å². The molecule has 146 valence electrons. The lowest BCUT2D eigenvalue weighted by molar-refractivity contribution is 0.206. The summed E-state index contributed by atoms with van der Waals surface area (Å²) in [5.74, 6) is 0.815. The van der Waals surface area contributed by atoms with E-state index in [1.807, 2.05) is 53.9 Å². The van der Waals surface area contributed by atoms with Crippen molar-refractivity contribution < 1.29 is 9.53 Å². The molecule has 0 spiro atoms. The minimum atomic E-state index is -0.156. The van der Waals surface area contributed by atoms with Crippen molar-refractivity contribution in [1.29, 1.82) is 0 Å². The van der Waals surface area contributed by atoms with Crippen LogP contribution in [0.2, 0.25) is 0 Å². The van der Waals surface area contributed by atoms with Crippen LogP contribution in [-0.2, 0) is 13.1 Å². The standard InChI is InChI=1S/C22H25N3O2S/c1-2-3-13-27-21-9-7-19(8-10-21)24-22(26)25(15-18-11-14-28-17-18)16-20-6-4-5-12-23-20/h4-12,14,17H,2-3,13,15-16H2,1H3,(H,24,26). The van der Waals surface area contributed by atoms with Crippen LogP contribution in [0.5, 0.6) is 5.75 Å². The first kappa shape index (κ1) is 19.9. The number of hydrogen-bond acceptors (Lipinski definition) is 4. The first-order chi connectivity index (χ1) is 13.7. The Morgan fingerprint density at radius 2 is 2.00 bits per heavy atom. The zero-order chi connectivity index (χ0) is 19.6. The van der Waals surface area contributed by atoms with Crippen molar-refractivity contribution in [3.8, 4) is 5.75 Å². The van der Waals surface area contributed by atoms with E-state index in [2.05, 4.69) is 22.6 Å². The minimum Gasteiger partial charge on any atom is -0.494 e. The fourth-order valence-corrected chi connectivity index (χ4v) is 3.32. The number of carbonyl (C=O) groups excluding carboxylic acids is 1. The third-order valence-corrected chi connectivity index (χ3v) is 4.92. The summed E-state index contributed by atoms with van der Waals surface area (Å²) >= 11 is 1.63. The van der Waals surface area contributed by atoms with Gasteiger partial charge >= 0.3 is 6.03 Å². The molecule has 2 aromatic heterocycles. The average Bonchev–Trinajstić information content (AvgIpc) is 3.23. The van der Waals surface area contributed by atoms with Crippen LogP contribution in [0.3, 0.4) is 0 Å². The van der Waals surface area contributed by atoms with Crippen LogP contribution in [0.1, 0.15) is 31.0 Å². The monoisotopic (exact) mass is 395 g/mol. The molecule has 0 saturated heterocycles. The van der Waals surface area contributed by atoms with Crippen LogP contribution in [0.4, 0.5) is 10.5 Å². The maximum Gasteiger partial charge on any atom is 0.322 e. The molecule has 2 heterocycles. The first-order valence-corrected chi connectivity index (χ1v) is 10.4. The molecule has 28 heavy (non-hydrogen) atoms. The summed E-state index contributed by atoms with van der Waals surface area (Å²) in [6, 6.07) is 15.1. The Kier molecular flexibility index (Phi) is 7.44. The molecule has 3 rings (SSSR count). The lowest BCUT2D eigenvalue weighted by atomic mass is 10.2. The summed E-state index contributed by atoms with van der Waals surface area (Å²) < 4.78 is 5.67. The number of nitrogens with one attached hydrogen (secondary N) is 1. The quantitative estimate of drug-likeness (QED) is 0.483. The largest absolute Gasteiger partial charge is 0.494 e. The van der Waals surface area contributed by atoms with Crippen LogP contribution >= 0.6 is 11.3 Å². The summed E-state index contributed by atoms with van der Waals surface area (Å²) in [5, 5.41) is 7.05. The summed E-state index contributed by atoms with van der Waals surface area (Å²) in [6.45, 7) is 3.82. The number of pyridine rings is 1. The average molecular weight is 396 g/mol. The van der Waals surface area contributed by atoms with E-state index in [0.29, 0.717) is 19.7 Å². The topological polar surface area (TPSA) is 54.5 Å². The van der Waals surface area contributed by atoms with Crippen molar-refractivity contribution >= 4 is 23.1 Å². The van der Waals surface area contributed by atoms with Gasteiger partial charge in [-0.1, -0.05) is 19.4 Å². The highest BCUT2D eigenvalue weighted by atomic mass is 32.1. The van der Waals surface area contributed by atoms with Crippen molar-refractivity contribution in [3.05, 3.63) is 76.7 Å². The molecule has 0 bridgehead atoms. The maximum atomic E-state index is 12.9. The summed E-state index contributed by atoms with van der Waals surface area (Å²) in [6.07, 6.45) is 3.88. The fraction of sp³-hybridized carbons (Fsp3) is 0.273. The number of thiophene rings is 1. The number of unbranched alkanes of at least 4 members (excludes halogenated alkanes) is 1. The number of amides is 2. The second kappa shape index (κ2) is 10.5. The van der Waals surface area contributed by atoms with E-state index < -0.39 is 0 Å². The molecule has 0 aliphatic heterocycles. The Hall–Kier alpha value is -2.86. The van der Waals surface area contributed by atoms with Crippen LogP contribution in [0, 0.1) is 0 Å². The highest BCUT2D eigenvalue weighted by Crippen LogP contribution is 2.18. The molecular formula is C22H25N3O2S. The summed E-state index contributed by atoms with van der Waals surface area (Å²) in [7, 11) is 0. The minimum absolute atomic E-state index is 0.156. The van der Waals surface area contributed by atoms with Crippen LogP contribution in [-0.4, -0.2) is 22.5 Å². The van der Waals surface area contributed by atoms with E-state index in [1.165, 1.54) is 0 Å². The van der Waals surface area contributed by atoms with Crippen LogP contribution in [0.15, 0.2) is 65.5 Å². The Morgan fingerprint density at radius 3 is 2.68 bits per heavy atom. The van der Waals surface area contributed by atoms with Crippen molar-refractivity contribution in [3.63, 3.8) is 0 Å². The zero-order valence-electron chi connectivity index (χ0n) is 16.0. The highest BCUT2D eigenvalue weighted by Gasteiger charge is 2.16. The number of anilines is 1. The third kappa shape index (κ3) is 6.09. The molecule has 0 radical (unpaired) electrons. The number of carbonyl (C=O) groups is 1. The summed E-state index contributed by atoms with van der Waals surface area (Å²) in [5.41, 5.74) is 2.70. The van der Waals surface area contributed by atoms with Gasteiger partial charge in [0.15, 0.2) is 0 Å². The smallest absolute Gasteiger partial charge is 0.322 e. The SMILES string of the molecule is CCCCOc1ccc(NC(=O)N(Cc2ccsc2)Cc2ccccn2)cc1. The Bertz CT molecular complexity index is 836. The van der Waals surface area contributed by atoms with Gasteiger partial charge in [0.1, 0.15) is 5.75 Å². The predicted octanol–water partition coefficient (Wildman–Crippen LogP) is 5.56. The van der Waals surface area contributed by atoms with Gasteiger partial charge in [-0.15, -0.1) is 0 Å². The van der Waals surface area contributed by atoms with E-state index in [0.717, 1.165) is 35.5 Å². The van der Waals surface area contributed by atoms with Gasteiger partial charge in [-0.2, -0.15) is 11.3 Å². The second-order valence-electron chi connectivity index (χ2n) is 6.47. The maximum absolute atomic E-state index is 12.9. The summed E-state index contributed by atoms with van der Waals surface area (Å²) in [4.78, 5) is 19.0. The highest BCUT2D eigenvalue weighted by molar-refractivity contribution is 7.07. The fourth-order valence-electron chi connectivity index (χ4n) is 2.66. The lowest BCUT2D eigenvalue weighted by Gasteiger charge is -2.22. The molecular weight excluding hydrogens is 370 g/mol. The van der Waals surface area contributed by atoms with Crippen molar-refractivity contribution in [2.45, 2.75) is 32.9 Å².